The monoisotopic (exact) mass is 324 g/mol. The van der Waals surface area contributed by atoms with Gasteiger partial charge in [0.15, 0.2) is 0 Å². The molecule has 1 aromatic carbocycles. The van der Waals surface area contributed by atoms with Crippen molar-refractivity contribution in [2.45, 2.75) is 12.8 Å². The molecule has 0 spiro atoms. The van der Waals surface area contributed by atoms with Crippen LogP contribution in [0.4, 0.5) is 0 Å². The summed E-state index contributed by atoms with van der Waals surface area (Å²) in [6.07, 6.45) is 4.19. The summed E-state index contributed by atoms with van der Waals surface area (Å²) in [4.78, 5) is 0. The summed E-state index contributed by atoms with van der Waals surface area (Å²) in [5, 5.41) is 0. The second-order valence-electron chi connectivity index (χ2n) is 3.26. The molecule has 1 aliphatic rings. The third-order valence-electron chi connectivity index (χ3n) is 2.09. The van der Waals surface area contributed by atoms with Gasteiger partial charge in [-0.25, -0.2) is 0 Å². The van der Waals surface area contributed by atoms with Gasteiger partial charge in [0.25, 0.3) is 0 Å². The van der Waals surface area contributed by atoms with Gasteiger partial charge in [-0.1, -0.05) is 0 Å². The number of hydrogen-bond acceptors (Lipinski definition) is 2. The third-order valence-corrected chi connectivity index (χ3v) is 2.53. The van der Waals surface area contributed by atoms with E-state index >= 15 is 0 Å². The Morgan fingerprint density at radius 3 is 2.10 bits per heavy atom. The fraction of sp³-hybridized carbons (Fsp3) is 0.200. The summed E-state index contributed by atoms with van der Waals surface area (Å²) in [6, 6.07) is 9.68. The molecule has 0 aromatic heterocycles. The second kappa shape index (κ2) is 16.2. The molecule has 0 aliphatic carbocycles. The SMILES string of the molecule is [C-]#[O+].[C-]#[O+].[C-]#[O+].[Cr]=[C](Oc1ccccc1)C1=CCCCO1. The van der Waals surface area contributed by atoms with Crippen LogP contribution in [0.25, 0.3) is 0 Å². The molecule has 0 N–H and O–H groups in total. The zero-order chi connectivity index (χ0) is 16.5. The molecule has 0 saturated carbocycles. The van der Waals surface area contributed by atoms with Crippen molar-refractivity contribution in [3.63, 3.8) is 0 Å². The Bertz CT molecular complexity index is 474. The molecule has 0 amide bonds. The van der Waals surface area contributed by atoms with Crippen LogP contribution in [0.5, 0.6) is 5.75 Å². The van der Waals surface area contributed by atoms with Gasteiger partial charge in [-0.15, -0.1) is 0 Å². The first-order chi connectivity index (χ1) is 10.4. The quantitative estimate of drug-likeness (QED) is 0.632. The molecule has 108 valence electrons. The van der Waals surface area contributed by atoms with Crippen LogP contribution >= 0.6 is 0 Å². The van der Waals surface area contributed by atoms with Gasteiger partial charge in [0, 0.05) is 0 Å². The van der Waals surface area contributed by atoms with Gasteiger partial charge in [-0.3, -0.25) is 0 Å². The Morgan fingerprint density at radius 1 is 1.05 bits per heavy atom. The summed E-state index contributed by atoms with van der Waals surface area (Å²) < 4.78 is 34.3. The van der Waals surface area contributed by atoms with Gasteiger partial charge in [0.05, 0.1) is 0 Å². The van der Waals surface area contributed by atoms with Crippen molar-refractivity contribution in [3.8, 4) is 5.75 Å². The van der Waals surface area contributed by atoms with Crippen LogP contribution in [0.15, 0.2) is 42.2 Å². The van der Waals surface area contributed by atoms with Gasteiger partial charge in [-0.05, 0) is 0 Å². The molecule has 21 heavy (non-hydrogen) atoms. The zero-order valence-corrected chi connectivity index (χ0v) is 12.3. The molecule has 0 radical (unpaired) electrons. The normalized spacial score (nSPS) is 11.0. The summed E-state index contributed by atoms with van der Waals surface area (Å²) >= 11 is 2.90. The fourth-order valence-corrected chi connectivity index (χ4v) is 1.72. The average Bonchev–Trinajstić information content (AvgIpc) is 2.62. The third kappa shape index (κ3) is 9.68. The molecule has 0 unspecified atom stereocenters. The standard InChI is InChI=1S/C12H12O2.3CO.Cr/c1-2-6-11(7-3-1)14-10-12-8-4-5-9-13-12;3*1-2;/h1-3,6-8H,4-5,9H2;;;;. The van der Waals surface area contributed by atoms with Gasteiger partial charge in [-0.2, -0.15) is 0 Å². The molecule has 0 saturated heterocycles. The average molecular weight is 324 g/mol. The van der Waals surface area contributed by atoms with Crippen LogP contribution in [0.2, 0.25) is 0 Å². The Balaban J connectivity index is 0. The predicted octanol–water partition coefficient (Wildman–Crippen LogP) is 2.32. The first kappa shape index (κ1) is 21.5. The van der Waals surface area contributed by atoms with E-state index in [-0.39, 0.29) is 0 Å². The Kier molecular flexibility index (Phi) is 16.6. The van der Waals surface area contributed by atoms with Crippen LogP contribution in [0.1, 0.15) is 12.8 Å². The molecule has 2 rings (SSSR count). The van der Waals surface area contributed by atoms with Crippen molar-refractivity contribution in [2.24, 2.45) is 0 Å². The minimum atomic E-state index is 0.709. The molecule has 1 heterocycles. The maximum atomic E-state index is 7.50. The van der Waals surface area contributed by atoms with E-state index in [1.54, 1.807) is 0 Å². The van der Waals surface area contributed by atoms with Gasteiger partial charge in [0.2, 0.25) is 0 Å². The topological polar surface area (TPSA) is 78.2 Å². The van der Waals surface area contributed by atoms with Crippen LogP contribution in [0.3, 0.4) is 0 Å². The zero-order valence-electron chi connectivity index (χ0n) is 11.0. The van der Waals surface area contributed by atoms with E-state index in [0.717, 1.165) is 31.0 Å². The van der Waals surface area contributed by atoms with Gasteiger partial charge < -0.3 is 0 Å². The number of hydrogen-bond donors (Lipinski definition) is 0. The van der Waals surface area contributed by atoms with Crippen molar-refractivity contribution in [1.82, 2.24) is 0 Å². The molecule has 0 bridgehead atoms. The second-order valence-corrected chi connectivity index (χ2v) is 3.84. The van der Waals surface area contributed by atoms with Gasteiger partial charge >= 0.3 is 131 Å². The van der Waals surface area contributed by atoms with E-state index in [0.29, 0.717) is 4.57 Å². The number of allylic oxidation sites excluding steroid dienone is 1. The number of ether oxygens (including phenoxy) is 2. The molecule has 5 nitrogen and oxygen atoms in total. The Morgan fingerprint density at radius 2 is 1.62 bits per heavy atom. The van der Waals surface area contributed by atoms with E-state index in [1.807, 2.05) is 30.3 Å². The summed E-state index contributed by atoms with van der Waals surface area (Å²) in [5.41, 5.74) is 0. The van der Waals surface area contributed by atoms with E-state index in [9.17, 15) is 0 Å². The van der Waals surface area contributed by atoms with Crippen molar-refractivity contribution in [2.75, 3.05) is 6.61 Å². The van der Waals surface area contributed by atoms with Crippen LogP contribution in [-0.4, -0.2) is 11.2 Å². The van der Waals surface area contributed by atoms with Crippen molar-refractivity contribution < 1.29 is 39.3 Å². The first-order valence-electron chi connectivity index (χ1n) is 5.58. The Labute approximate surface area is 131 Å². The number of rotatable bonds is 3. The van der Waals surface area contributed by atoms with Crippen molar-refractivity contribution >= 4 is 4.57 Å². The molecule has 6 heteroatoms. The number of benzene rings is 1. The van der Waals surface area contributed by atoms with E-state index in [4.69, 9.17) is 23.4 Å². The summed E-state index contributed by atoms with van der Waals surface area (Å²) in [5.74, 6) is 1.64. The molecular weight excluding hydrogens is 312 g/mol. The fourth-order valence-electron chi connectivity index (χ4n) is 1.35. The molecule has 0 atom stereocenters. The van der Waals surface area contributed by atoms with Gasteiger partial charge in [0.1, 0.15) is 0 Å². The predicted molar refractivity (Wildman–Crippen MR) is 67.1 cm³/mol. The Hall–Kier alpha value is -1.82. The number of para-hydroxylation sites is 1. The molecular formula is C15H12CrO5. The molecule has 1 aliphatic heterocycles. The first-order valence-corrected chi connectivity index (χ1v) is 6.21. The van der Waals surface area contributed by atoms with Crippen molar-refractivity contribution in [1.29, 1.82) is 0 Å². The van der Waals surface area contributed by atoms with E-state index in [1.165, 1.54) is 0 Å². The van der Waals surface area contributed by atoms with Crippen LogP contribution in [0, 0.1) is 20.0 Å². The minimum absolute atomic E-state index is 0.709. The molecule has 1 aromatic rings. The molecule has 0 fully saturated rings. The van der Waals surface area contributed by atoms with Crippen LogP contribution in [-0.2, 0) is 34.5 Å². The van der Waals surface area contributed by atoms with Crippen molar-refractivity contribution in [3.05, 3.63) is 62.1 Å². The van der Waals surface area contributed by atoms with E-state index < -0.39 is 0 Å². The van der Waals surface area contributed by atoms with Crippen LogP contribution < -0.4 is 4.74 Å². The summed E-state index contributed by atoms with van der Waals surface area (Å²) in [7, 11) is 0. The van der Waals surface area contributed by atoms with E-state index in [2.05, 4.69) is 41.9 Å². The summed E-state index contributed by atoms with van der Waals surface area (Å²) in [6.45, 7) is 14.3. The maximum absolute atomic E-state index is 7.50.